The van der Waals surface area contributed by atoms with Crippen LogP contribution in [-0.2, 0) is 13.1 Å². The van der Waals surface area contributed by atoms with Gasteiger partial charge in [0.2, 0.25) is 0 Å². The van der Waals surface area contributed by atoms with Crippen LogP contribution in [0, 0.1) is 6.92 Å². The van der Waals surface area contributed by atoms with Gasteiger partial charge in [-0.25, -0.2) is 9.97 Å². The van der Waals surface area contributed by atoms with Crippen molar-refractivity contribution in [2.24, 2.45) is 0 Å². The van der Waals surface area contributed by atoms with Gasteiger partial charge >= 0.3 is 0 Å². The van der Waals surface area contributed by atoms with Gasteiger partial charge in [0.15, 0.2) is 0 Å². The van der Waals surface area contributed by atoms with Crippen molar-refractivity contribution >= 4 is 0 Å². The number of nitrogens with zero attached hydrogens (tertiary/aromatic N) is 3. The minimum absolute atomic E-state index is 0.833. The van der Waals surface area contributed by atoms with Crippen molar-refractivity contribution < 1.29 is 0 Å². The van der Waals surface area contributed by atoms with Gasteiger partial charge in [0.25, 0.3) is 0 Å². The average Bonchev–Trinajstić information content (AvgIpc) is 2.90. The summed E-state index contributed by atoms with van der Waals surface area (Å²) in [6.07, 6.45) is 8.47. The van der Waals surface area contributed by atoms with E-state index in [0.717, 1.165) is 37.4 Å². The van der Waals surface area contributed by atoms with Gasteiger partial charge in [0.05, 0.1) is 18.3 Å². The summed E-state index contributed by atoms with van der Waals surface area (Å²) in [5, 5.41) is 3.37. The lowest BCUT2D eigenvalue weighted by Gasteiger charge is -2.04. The van der Waals surface area contributed by atoms with Crippen molar-refractivity contribution in [3.63, 3.8) is 0 Å². The fourth-order valence-corrected chi connectivity index (χ4v) is 1.58. The largest absolute Gasteiger partial charge is 0.348 e. The van der Waals surface area contributed by atoms with E-state index in [2.05, 4.69) is 24.8 Å². The molecule has 86 valence electrons. The highest BCUT2D eigenvalue weighted by Crippen LogP contribution is 1.99. The van der Waals surface area contributed by atoms with E-state index in [1.165, 1.54) is 0 Å². The van der Waals surface area contributed by atoms with E-state index in [9.17, 15) is 0 Å². The van der Waals surface area contributed by atoms with E-state index in [1.54, 1.807) is 12.5 Å². The summed E-state index contributed by atoms with van der Waals surface area (Å²) in [5.41, 5.74) is 2.24. The Labute approximate surface area is 94.9 Å². The number of aromatic nitrogens is 4. The van der Waals surface area contributed by atoms with Crippen LogP contribution in [0.15, 0.2) is 25.0 Å². The molecule has 0 saturated heterocycles. The molecule has 5 nitrogen and oxygen atoms in total. The van der Waals surface area contributed by atoms with Crippen LogP contribution in [-0.4, -0.2) is 26.1 Å². The summed E-state index contributed by atoms with van der Waals surface area (Å²) in [6, 6.07) is 0. The number of rotatable bonds is 6. The van der Waals surface area contributed by atoms with Crippen molar-refractivity contribution in [2.45, 2.75) is 26.4 Å². The molecule has 0 unspecified atom stereocenters. The number of aryl methyl sites for hydroxylation is 2. The zero-order valence-electron chi connectivity index (χ0n) is 9.48. The first-order valence-electron chi connectivity index (χ1n) is 5.51. The fraction of sp³-hybridized carbons (Fsp3) is 0.455. The number of imidazole rings is 2. The summed E-state index contributed by atoms with van der Waals surface area (Å²) < 4.78 is 2.08. The zero-order valence-corrected chi connectivity index (χ0v) is 9.48. The Morgan fingerprint density at radius 1 is 1.50 bits per heavy atom. The van der Waals surface area contributed by atoms with Gasteiger partial charge in [-0.1, -0.05) is 0 Å². The number of nitrogens with one attached hydrogen (secondary N) is 2. The van der Waals surface area contributed by atoms with E-state index < -0.39 is 0 Å². The molecule has 0 spiro atoms. The molecule has 0 radical (unpaired) electrons. The Kier molecular flexibility index (Phi) is 3.71. The maximum atomic E-state index is 4.23. The molecule has 0 fully saturated rings. The van der Waals surface area contributed by atoms with Gasteiger partial charge in [-0.05, 0) is 19.9 Å². The fourth-order valence-electron chi connectivity index (χ4n) is 1.58. The summed E-state index contributed by atoms with van der Waals surface area (Å²) >= 11 is 0. The number of hydrogen-bond donors (Lipinski definition) is 2. The second-order valence-corrected chi connectivity index (χ2v) is 3.81. The topological polar surface area (TPSA) is 58.5 Å². The van der Waals surface area contributed by atoms with E-state index >= 15 is 0 Å². The molecule has 2 N–H and O–H groups in total. The predicted octanol–water partition coefficient (Wildman–Crippen LogP) is 1.09. The molecule has 2 aromatic rings. The Bertz CT molecular complexity index is 404. The molecule has 0 aliphatic heterocycles. The van der Waals surface area contributed by atoms with Crippen molar-refractivity contribution in [3.05, 3.63) is 36.4 Å². The Morgan fingerprint density at radius 3 is 3.12 bits per heavy atom. The Balaban J connectivity index is 1.61. The van der Waals surface area contributed by atoms with Crippen LogP contribution >= 0.6 is 0 Å². The molecule has 0 aliphatic carbocycles. The molecule has 0 aliphatic rings. The monoisotopic (exact) mass is 219 g/mol. The Morgan fingerprint density at radius 2 is 2.44 bits per heavy atom. The van der Waals surface area contributed by atoms with Crippen LogP contribution in [0.3, 0.4) is 0 Å². The van der Waals surface area contributed by atoms with E-state index in [1.807, 2.05) is 19.4 Å². The van der Waals surface area contributed by atoms with Gasteiger partial charge in [0, 0.05) is 31.2 Å². The number of hydrogen-bond acceptors (Lipinski definition) is 3. The van der Waals surface area contributed by atoms with Crippen LogP contribution < -0.4 is 5.32 Å². The third-order valence-electron chi connectivity index (χ3n) is 2.56. The quantitative estimate of drug-likeness (QED) is 0.715. The Hall–Kier alpha value is -1.62. The molecule has 0 bridgehead atoms. The van der Waals surface area contributed by atoms with Gasteiger partial charge in [-0.2, -0.15) is 0 Å². The van der Waals surface area contributed by atoms with Gasteiger partial charge < -0.3 is 14.9 Å². The van der Waals surface area contributed by atoms with Crippen molar-refractivity contribution in [3.8, 4) is 0 Å². The molecule has 5 heteroatoms. The van der Waals surface area contributed by atoms with Gasteiger partial charge in [-0.3, -0.25) is 0 Å². The molecular formula is C11H17N5. The lowest BCUT2D eigenvalue weighted by molar-refractivity contribution is 0.577. The molecule has 0 amide bonds. The minimum atomic E-state index is 0.833. The maximum Gasteiger partial charge on any atom is 0.0945 e. The van der Waals surface area contributed by atoms with Gasteiger partial charge in [-0.15, -0.1) is 0 Å². The molecule has 16 heavy (non-hydrogen) atoms. The number of aromatic amines is 1. The van der Waals surface area contributed by atoms with Gasteiger partial charge in [0.1, 0.15) is 0 Å². The summed E-state index contributed by atoms with van der Waals surface area (Å²) in [7, 11) is 0. The first kappa shape index (κ1) is 10.9. The first-order chi connectivity index (χ1) is 7.86. The second kappa shape index (κ2) is 5.46. The molecule has 0 saturated carbocycles. The second-order valence-electron chi connectivity index (χ2n) is 3.81. The van der Waals surface area contributed by atoms with E-state index in [-0.39, 0.29) is 0 Å². The molecule has 0 aromatic carbocycles. The van der Waals surface area contributed by atoms with Crippen LogP contribution in [0.5, 0.6) is 0 Å². The lowest BCUT2D eigenvalue weighted by atomic mass is 10.3. The van der Waals surface area contributed by atoms with Crippen molar-refractivity contribution in [1.82, 2.24) is 24.8 Å². The molecular weight excluding hydrogens is 202 g/mol. The minimum Gasteiger partial charge on any atom is -0.348 e. The molecule has 2 heterocycles. The molecule has 0 atom stereocenters. The van der Waals surface area contributed by atoms with Crippen LogP contribution in [0.2, 0.25) is 0 Å². The van der Waals surface area contributed by atoms with Crippen LogP contribution in [0.1, 0.15) is 17.8 Å². The standard InChI is InChI=1S/C11H17N5/c1-10-11(15-8-14-10)7-12-3-2-5-16-6-4-13-9-16/h4,6,8-9,12H,2-3,5,7H2,1H3,(H,14,15). The van der Waals surface area contributed by atoms with E-state index in [4.69, 9.17) is 0 Å². The van der Waals surface area contributed by atoms with Crippen LogP contribution in [0.4, 0.5) is 0 Å². The van der Waals surface area contributed by atoms with E-state index in [0.29, 0.717) is 0 Å². The third-order valence-corrected chi connectivity index (χ3v) is 2.56. The smallest absolute Gasteiger partial charge is 0.0945 e. The average molecular weight is 219 g/mol. The highest BCUT2D eigenvalue weighted by Gasteiger charge is 1.99. The summed E-state index contributed by atoms with van der Waals surface area (Å²) in [4.78, 5) is 11.3. The molecule has 2 rings (SSSR count). The van der Waals surface area contributed by atoms with Crippen molar-refractivity contribution in [2.75, 3.05) is 6.54 Å². The highest BCUT2D eigenvalue weighted by atomic mass is 15.0. The van der Waals surface area contributed by atoms with Crippen LogP contribution in [0.25, 0.3) is 0 Å². The summed E-state index contributed by atoms with van der Waals surface area (Å²) in [5.74, 6) is 0. The van der Waals surface area contributed by atoms with Crippen molar-refractivity contribution in [1.29, 1.82) is 0 Å². The summed E-state index contributed by atoms with van der Waals surface area (Å²) in [6.45, 7) is 4.87. The zero-order chi connectivity index (χ0) is 11.2. The molecule has 2 aromatic heterocycles. The third kappa shape index (κ3) is 2.93. The highest BCUT2D eigenvalue weighted by molar-refractivity contribution is 5.07. The maximum absolute atomic E-state index is 4.23. The SMILES string of the molecule is Cc1[nH]cnc1CNCCCn1ccnc1. The lowest BCUT2D eigenvalue weighted by Crippen LogP contribution is -2.17. The predicted molar refractivity (Wildman–Crippen MR) is 61.9 cm³/mol. The number of H-pyrrole nitrogens is 1. The normalized spacial score (nSPS) is 10.8. The first-order valence-corrected chi connectivity index (χ1v) is 5.51.